The Morgan fingerprint density at radius 2 is 2.00 bits per heavy atom. The van der Waals surface area contributed by atoms with E-state index in [1.54, 1.807) is 0 Å². The molecule has 0 saturated carbocycles. The topological polar surface area (TPSA) is 29.5 Å². The molecule has 3 saturated heterocycles. The molecular weight excluding hydrogens is 258 g/mol. The van der Waals surface area contributed by atoms with Gasteiger partial charge in [0, 0.05) is 30.0 Å². The number of nitrogens with zero attached hydrogens (tertiary/aromatic N) is 1. The minimum absolute atomic E-state index is 0.0541. The summed E-state index contributed by atoms with van der Waals surface area (Å²) < 4.78 is 6.10. The first kappa shape index (κ1) is 13.6. The van der Waals surface area contributed by atoms with Gasteiger partial charge in [0.05, 0.1) is 0 Å². The van der Waals surface area contributed by atoms with Gasteiger partial charge < -0.3 is 9.64 Å². The Kier molecular flexibility index (Phi) is 3.71. The van der Waals surface area contributed by atoms with E-state index in [4.69, 9.17) is 4.74 Å². The molecule has 0 N–H and O–H groups in total. The van der Waals surface area contributed by atoms with Crippen LogP contribution in [0.15, 0.2) is 0 Å². The molecule has 4 heteroatoms. The zero-order chi connectivity index (χ0) is 13.5. The number of rotatable bonds is 2. The molecule has 3 aliphatic heterocycles. The van der Waals surface area contributed by atoms with Crippen LogP contribution in [0.1, 0.15) is 52.4 Å². The summed E-state index contributed by atoms with van der Waals surface area (Å²) in [4.78, 5) is 14.4. The number of fused-ring (bicyclic) bond motifs is 2. The summed E-state index contributed by atoms with van der Waals surface area (Å²) in [5.74, 6) is 0.420. The maximum atomic E-state index is 12.4. The van der Waals surface area contributed by atoms with Crippen molar-refractivity contribution in [2.45, 2.75) is 68.5 Å². The van der Waals surface area contributed by atoms with E-state index in [9.17, 15) is 4.79 Å². The molecule has 2 bridgehead atoms. The van der Waals surface area contributed by atoms with Crippen LogP contribution in [0.5, 0.6) is 0 Å². The highest BCUT2D eigenvalue weighted by atomic mass is 32.2. The first-order chi connectivity index (χ1) is 9.12. The van der Waals surface area contributed by atoms with Gasteiger partial charge in [0.15, 0.2) is 0 Å². The number of piperidine rings is 1. The Balaban J connectivity index is 1.70. The van der Waals surface area contributed by atoms with E-state index in [0.29, 0.717) is 11.2 Å². The normalized spacial score (nSPS) is 37.9. The Bertz CT molecular complexity index is 354. The van der Waals surface area contributed by atoms with E-state index >= 15 is 0 Å². The third-order valence-corrected chi connectivity index (χ3v) is 6.82. The van der Waals surface area contributed by atoms with Crippen LogP contribution in [0.2, 0.25) is 0 Å². The average molecular weight is 283 g/mol. The van der Waals surface area contributed by atoms with Gasteiger partial charge in [0.25, 0.3) is 0 Å². The minimum Gasteiger partial charge on any atom is -0.441 e. The molecule has 3 atom stereocenters. The molecule has 3 heterocycles. The van der Waals surface area contributed by atoms with Crippen LogP contribution in [0, 0.1) is 5.92 Å². The molecule has 3 unspecified atom stereocenters. The molecule has 3 aliphatic rings. The number of hydrogen-bond acceptors (Lipinski definition) is 3. The predicted octanol–water partition coefficient (Wildman–Crippen LogP) is 3.67. The van der Waals surface area contributed by atoms with Crippen LogP contribution >= 0.6 is 11.8 Å². The number of thioether (sulfide) groups is 1. The molecule has 0 aliphatic carbocycles. The third kappa shape index (κ3) is 2.37. The number of hydrogen-bond donors (Lipinski definition) is 0. The summed E-state index contributed by atoms with van der Waals surface area (Å²) >= 11 is 2.06. The lowest BCUT2D eigenvalue weighted by molar-refractivity contribution is -0.0518. The van der Waals surface area contributed by atoms with Crippen molar-refractivity contribution < 1.29 is 9.53 Å². The van der Waals surface area contributed by atoms with Crippen molar-refractivity contribution >= 4 is 17.9 Å². The molecule has 3 fully saturated rings. The van der Waals surface area contributed by atoms with E-state index in [0.717, 1.165) is 37.6 Å². The van der Waals surface area contributed by atoms with Crippen LogP contribution in [0.25, 0.3) is 0 Å². The highest BCUT2D eigenvalue weighted by Gasteiger charge is 2.56. The van der Waals surface area contributed by atoms with Gasteiger partial charge in [-0.2, -0.15) is 11.8 Å². The lowest BCUT2D eigenvalue weighted by atomic mass is 9.77. The van der Waals surface area contributed by atoms with Crippen molar-refractivity contribution in [1.82, 2.24) is 4.90 Å². The Morgan fingerprint density at radius 3 is 2.53 bits per heavy atom. The zero-order valence-corrected chi connectivity index (χ0v) is 12.9. The second-order valence-corrected chi connectivity index (χ2v) is 8.06. The predicted molar refractivity (Wildman–Crippen MR) is 78.5 cm³/mol. The molecule has 0 radical (unpaired) electrons. The highest BCUT2D eigenvalue weighted by molar-refractivity contribution is 8.01. The minimum atomic E-state index is -0.192. The molecule has 1 amide bonds. The van der Waals surface area contributed by atoms with Gasteiger partial charge >= 0.3 is 6.09 Å². The molecule has 0 spiro atoms. The van der Waals surface area contributed by atoms with Crippen LogP contribution in [-0.4, -0.2) is 40.2 Å². The summed E-state index contributed by atoms with van der Waals surface area (Å²) in [6.07, 6.45) is 7.06. The fraction of sp³-hybridized carbons (Fsp3) is 0.933. The van der Waals surface area contributed by atoms with Crippen LogP contribution in [0.3, 0.4) is 0 Å². The third-order valence-electron chi connectivity index (χ3n) is 5.07. The fourth-order valence-corrected chi connectivity index (χ4v) is 5.85. The Morgan fingerprint density at radius 1 is 1.26 bits per heavy atom. The maximum absolute atomic E-state index is 12.4. The summed E-state index contributed by atoms with van der Waals surface area (Å²) in [7, 11) is 0. The summed E-state index contributed by atoms with van der Waals surface area (Å²) in [6, 6.07) is 0. The first-order valence-electron chi connectivity index (χ1n) is 7.75. The number of carbonyl (C=O) groups is 1. The van der Waals surface area contributed by atoms with Crippen molar-refractivity contribution in [2.75, 3.05) is 13.1 Å². The second-order valence-electron chi connectivity index (χ2n) is 6.55. The SMILES string of the molecule is CC(C)C1(OC(=O)N2CCCCC2)CC2CCC1S2. The average Bonchev–Trinajstić information content (AvgIpc) is 3.00. The van der Waals surface area contributed by atoms with Crippen molar-refractivity contribution in [3.63, 3.8) is 0 Å². The molecule has 0 aromatic rings. The smallest absolute Gasteiger partial charge is 0.410 e. The Hall–Kier alpha value is -0.380. The van der Waals surface area contributed by atoms with E-state index < -0.39 is 0 Å². The Labute approximate surface area is 120 Å². The summed E-state index contributed by atoms with van der Waals surface area (Å²) in [5, 5.41) is 1.26. The molecule has 0 aromatic carbocycles. The summed E-state index contributed by atoms with van der Waals surface area (Å²) in [5.41, 5.74) is -0.192. The van der Waals surface area contributed by atoms with Gasteiger partial charge in [0.1, 0.15) is 5.60 Å². The fourth-order valence-electron chi connectivity index (χ4n) is 3.84. The van der Waals surface area contributed by atoms with Crippen molar-refractivity contribution in [3.8, 4) is 0 Å². The van der Waals surface area contributed by atoms with Crippen LogP contribution in [0.4, 0.5) is 4.79 Å². The van der Waals surface area contributed by atoms with Gasteiger partial charge in [-0.15, -0.1) is 0 Å². The lowest BCUT2D eigenvalue weighted by Gasteiger charge is -2.41. The lowest BCUT2D eigenvalue weighted by Crippen LogP contribution is -2.51. The van der Waals surface area contributed by atoms with Crippen molar-refractivity contribution in [3.05, 3.63) is 0 Å². The van der Waals surface area contributed by atoms with E-state index in [1.807, 2.05) is 4.90 Å². The largest absolute Gasteiger partial charge is 0.441 e. The number of amides is 1. The van der Waals surface area contributed by atoms with Crippen molar-refractivity contribution in [2.24, 2.45) is 5.92 Å². The van der Waals surface area contributed by atoms with E-state index in [2.05, 4.69) is 25.6 Å². The van der Waals surface area contributed by atoms with Crippen LogP contribution in [-0.2, 0) is 4.74 Å². The van der Waals surface area contributed by atoms with E-state index in [-0.39, 0.29) is 11.7 Å². The van der Waals surface area contributed by atoms with Gasteiger partial charge in [0.2, 0.25) is 0 Å². The van der Waals surface area contributed by atoms with Gasteiger partial charge in [-0.05, 0) is 38.0 Å². The molecule has 108 valence electrons. The number of likely N-dealkylation sites (tertiary alicyclic amines) is 1. The number of carbonyl (C=O) groups excluding carboxylic acids is 1. The molecule has 19 heavy (non-hydrogen) atoms. The molecular formula is C15H25NO2S. The van der Waals surface area contributed by atoms with Gasteiger partial charge in [-0.25, -0.2) is 4.79 Å². The van der Waals surface area contributed by atoms with Crippen LogP contribution < -0.4 is 0 Å². The first-order valence-corrected chi connectivity index (χ1v) is 8.69. The molecule has 0 aromatic heterocycles. The van der Waals surface area contributed by atoms with E-state index in [1.165, 1.54) is 19.3 Å². The highest BCUT2D eigenvalue weighted by Crippen LogP contribution is 2.56. The van der Waals surface area contributed by atoms with Gasteiger partial charge in [-0.1, -0.05) is 13.8 Å². The van der Waals surface area contributed by atoms with Gasteiger partial charge in [-0.3, -0.25) is 0 Å². The molecule has 3 rings (SSSR count). The maximum Gasteiger partial charge on any atom is 0.410 e. The monoisotopic (exact) mass is 283 g/mol. The van der Waals surface area contributed by atoms with Crippen molar-refractivity contribution in [1.29, 1.82) is 0 Å². The quantitative estimate of drug-likeness (QED) is 0.774. The second kappa shape index (κ2) is 5.19. The standard InChI is InChI=1S/C15H25NO2S/c1-11(2)15(10-12-6-7-13(15)19-12)18-14(17)16-8-4-3-5-9-16/h11-13H,3-10H2,1-2H3. The number of ether oxygens (including phenoxy) is 1. The summed E-state index contributed by atoms with van der Waals surface area (Å²) in [6.45, 7) is 6.19. The zero-order valence-electron chi connectivity index (χ0n) is 12.1. The molecule has 3 nitrogen and oxygen atoms in total.